The van der Waals surface area contributed by atoms with E-state index >= 15 is 0 Å². The summed E-state index contributed by atoms with van der Waals surface area (Å²) in [4.78, 5) is 4.32. The lowest BCUT2D eigenvalue weighted by molar-refractivity contribution is 0.288. The van der Waals surface area contributed by atoms with Crippen LogP contribution in [-0.4, -0.2) is 4.98 Å². The van der Waals surface area contributed by atoms with Crippen molar-refractivity contribution < 1.29 is 9.13 Å². The number of nitriles is 1. The monoisotopic (exact) mass is 278 g/mol. The van der Waals surface area contributed by atoms with Crippen molar-refractivity contribution in [1.29, 1.82) is 5.26 Å². The summed E-state index contributed by atoms with van der Waals surface area (Å²) >= 11 is 0. The second-order valence-corrected chi connectivity index (χ2v) is 4.53. The Balaban J connectivity index is 1.93. The molecule has 0 aliphatic carbocycles. The van der Waals surface area contributed by atoms with E-state index in [1.54, 1.807) is 24.3 Å². The quantitative estimate of drug-likeness (QED) is 0.731. The van der Waals surface area contributed by atoms with Crippen LogP contribution in [0.3, 0.4) is 0 Å². The number of ether oxygens (including phenoxy) is 1. The van der Waals surface area contributed by atoms with Gasteiger partial charge in [-0.3, -0.25) is 0 Å². The number of pyridine rings is 1. The largest absolute Gasteiger partial charge is 0.472 e. The molecule has 3 nitrogen and oxygen atoms in total. The number of rotatable bonds is 3. The van der Waals surface area contributed by atoms with Crippen molar-refractivity contribution in [2.24, 2.45) is 0 Å². The third-order valence-corrected chi connectivity index (χ3v) is 3.13. The molecule has 2 aromatic carbocycles. The molecule has 0 amide bonds. The molecule has 0 aliphatic rings. The Morgan fingerprint density at radius 2 is 1.86 bits per heavy atom. The van der Waals surface area contributed by atoms with E-state index in [0.29, 0.717) is 11.1 Å². The van der Waals surface area contributed by atoms with Crippen molar-refractivity contribution in [2.45, 2.75) is 6.61 Å². The number of para-hydroxylation sites is 1. The zero-order valence-electron chi connectivity index (χ0n) is 11.1. The average Bonchev–Trinajstić information content (AvgIpc) is 2.53. The first-order chi connectivity index (χ1) is 10.3. The molecule has 0 N–H and O–H groups in total. The first-order valence-corrected chi connectivity index (χ1v) is 6.44. The normalized spacial score (nSPS) is 10.3. The van der Waals surface area contributed by atoms with Gasteiger partial charge in [0.1, 0.15) is 24.1 Å². The molecule has 0 bridgehead atoms. The number of fused-ring (bicyclic) bond motifs is 1. The lowest BCUT2D eigenvalue weighted by atomic mass is 10.1. The van der Waals surface area contributed by atoms with Gasteiger partial charge in [-0.2, -0.15) is 5.26 Å². The maximum atomic E-state index is 13.6. The Kier molecular flexibility index (Phi) is 3.48. The van der Waals surface area contributed by atoms with Crippen molar-refractivity contribution >= 4 is 10.9 Å². The molecule has 0 fully saturated rings. The molecule has 0 spiro atoms. The molecule has 21 heavy (non-hydrogen) atoms. The number of hydrogen-bond donors (Lipinski definition) is 0. The van der Waals surface area contributed by atoms with E-state index in [1.807, 2.05) is 24.3 Å². The highest BCUT2D eigenvalue weighted by molar-refractivity contribution is 5.80. The van der Waals surface area contributed by atoms with Gasteiger partial charge in [0.25, 0.3) is 0 Å². The lowest BCUT2D eigenvalue weighted by Crippen LogP contribution is -2.01. The second kappa shape index (κ2) is 5.59. The van der Waals surface area contributed by atoms with Crippen LogP contribution >= 0.6 is 0 Å². The van der Waals surface area contributed by atoms with E-state index in [4.69, 9.17) is 4.74 Å². The molecule has 102 valence electrons. The van der Waals surface area contributed by atoms with E-state index in [2.05, 4.69) is 11.1 Å². The van der Waals surface area contributed by atoms with E-state index in [9.17, 15) is 9.65 Å². The van der Waals surface area contributed by atoms with Crippen molar-refractivity contribution in [3.05, 3.63) is 71.5 Å². The molecular weight excluding hydrogens is 267 g/mol. The summed E-state index contributed by atoms with van der Waals surface area (Å²) in [7, 11) is 0. The van der Waals surface area contributed by atoms with Crippen molar-refractivity contribution in [2.75, 3.05) is 0 Å². The molecule has 0 radical (unpaired) electrons. The van der Waals surface area contributed by atoms with Crippen LogP contribution in [0.4, 0.5) is 4.39 Å². The van der Waals surface area contributed by atoms with Crippen LogP contribution in [0.2, 0.25) is 0 Å². The maximum Gasteiger partial charge on any atom is 0.232 e. The fourth-order valence-corrected chi connectivity index (χ4v) is 2.05. The molecule has 1 aromatic heterocycles. The fraction of sp³-hybridized carbons (Fsp3) is 0.0588. The molecule has 0 aliphatic heterocycles. The summed E-state index contributed by atoms with van der Waals surface area (Å²) in [6, 6.07) is 17.6. The second-order valence-electron chi connectivity index (χ2n) is 4.53. The lowest BCUT2D eigenvalue weighted by Gasteiger charge is -2.09. The molecule has 0 unspecified atom stereocenters. The fourth-order valence-electron chi connectivity index (χ4n) is 2.05. The number of halogens is 1. The number of benzene rings is 2. The van der Waals surface area contributed by atoms with E-state index < -0.39 is 0 Å². The van der Waals surface area contributed by atoms with Crippen molar-refractivity contribution in [3.8, 4) is 11.9 Å². The standard InChI is InChI=1S/C17H11FN2O/c18-15-7-3-1-6-13(15)11-21-17-14(10-19)9-12-5-2-4-8-16(12)20-17/h1-9H,11H2. The van der Waals surface area contributed by atoms with E-state index in [-0.39, 0.29) is 18.3 Å². The Labute approximate surface area is 121 Å². The first kappa shape index (κ1) is 13.1. The predicted molar refractivity (Wildman–Crippen MR) is 77.2 cm³/mol. The van der Waals surface area contributed by atoms with Gasteiger partial charge in [-0.05, 0) is 18.2 Å². The molecular formula is C17H11FN2O. The van der Waals surface area contributed by atoms with Crippen LogP contribution in [-0.2, 0) is 6.61 Å². The first-order valence-electron chi connectivity index (χ1n) is 6.44. The highest BCUT2D eigenvalue weighted by Gasteiger charge is 2.09. The van der Waals surface area contributed by atoms with Gasteiger partial charge >= 0.3 is 0 Å². The third-order valence-electron chi connectivity index (χ3n) is 3.13. The molecule has 1 heterocycles. The maximum absolute atomic E-state index is 13.6. The minimum atomic E-state index is -0.336. The minimum Gasteiger partial charge on any atom is -0.472 e. The summed E-state index contributed by atoms with van der Waals surface area (Å²) in [5.41, 5.74) is 1.50. The summed E-state index contributed by atoms with van der Waals surface area (Å²) in [5, 5.41) is 10.1. The Morgan fingerprint density at radius 1 is 1.10 bits per heavy atom. The van der Waals surface area contributed by atoms with Crippen molar-refractivity contribution in [1.82, 2.24) is 4.98 Å². The molecule has 3 rings (SSSR count). The van der Waals surface area contributed by atoms with Gasteiger partial charge in [0.05, 0.1) is 5.52 Å². The van der Waals surface area contributed by atoms with Gasteiger partial charge in [-0.25, -0.2) is 9.37 Å². The summed E-state index contributed by atoms with van der Waals surface area (Å²) in [5.74, 6) is -0.115. The summed E-state index contributed by atoms with van der Waals surface area (Å²) in [6.07, 6.45) is 0. The molecule has 3 aromatic rings. The van der Waals surface area contributed by atoms with Gasteiger partial charge in [0.15, 0.2) is 0 Å². The van der Waals surface area contributed by atoms with Crippen molar-refractivity contribution in [3.63, 3.8) is 0 Å². The summed E-state index contributed by atoms with van der Waals surface area (Å²) in [6.45, 7) is 0.0344. The highest BCUT2D eigenvalue weighted by Crippen LogP contribution is 2.22. The number of aromatic nitrogens is 1. The van der Waals surface area contributed by atoms with E-state index in [1.165, 1.54) is 6.07 Å². The molecule has 0 saturated heterocycles. The number of hydrogen-bond acceptors (Lipinski definition) is 3. The van der Waals surface area contributed by atoms with Gasteiger partial charge in [0.2, 0.25) is 5.88 Å². The Bertz CT molecular complexity index is 840. The van der Waals surface area contributed by atoms with Gasteiger partial charge in [-0.1, -0.05) is 36.4 Å². The van der Waals surface area contributed by atoms with Crippen LogP contribution in [0.15, 0.2) is 54.6 Å². The molecule has 4 heteroatoms. The molecule has 0 atom stereocenters. The van der Waals surface area contributed by atoms with Gasteiger partial charge < -0.3 is 4.74 Å². The highest BCUT2D eigenvalue weighted by atomic mass is 19.1. The van der Waals surface area contributed by atoms with Crippen LogP contribution < -0.4 is 4.74 Å². The van der Waals surface area contributed by atoms with Crippen LogP contribution in [0, 0.1) is 17.1 Å². The predicted octanol–water partition coefficient (Wildman–Crippen LogP) is 3.82. The minimum absolute atomic E-state index is 0.0344. The topological polar surface area (TPSA) is 45.9 Å². The van der Waals surface area contributed by atoms with Crippen LogP contribution in [0.5, 0.6) is 5.88 Å². The average molecular weight is 278 g/mol. The smallest absolute Gasteiger partial charge is 0.232 e. The van der Waals surface area contributed by atoms with E-state index in [0.717, 1.165) is 10.9 Å². The van der Waals surface area contributed by atoms with Gasteiger partial charge in [-0.15, -0.1) is 0 Å². The SMILES string of the molecule is N#Cc1cc2ccccc2nc1OCc1ccccc1F. The zero-order valence-corrected chi connectivity index (χ0v) is 11.1. The third kappa shape index (κ3) is 2.67. The molecule has 0 saturated carbocycles. The zero-order chi connectivity index (χ0) is 14.7. The Hall–Kier alpha value is -2.93. The van der Waals surface area contributed by atoms with Crippen LogP contribution in [0.25, 0.3) is 10.9 Å². The Morgan fingerprint density at radius 3 is 2.67 bits per heavy atom. The summed E-state index contributed by atoms with van der Waals surface area (Å²) < 4.78 is 19.1. The number of nitrogens with zero attached hydrogens (tertiary/aromatic N) is 2. The van der Waals surface area contributed by atoms with Gasteiger partial charge in [0, 0.05) is 10.9 Å². The van der Waals surface area contributed by atoms with Crippen LogP contribution in [0.1, 0.15) is 11.1 Å².